The average molecular weight is 2090 g/mol. The highest BCUT2D eigenvalue weighted by molar-refractivity contribution is 8.00. The maximum absolute atomic E-state index is 13.2. The molecule has 6 aliphatic rings. The molecule has 6 N–H and O–H groups in total. The number of primary amides is 1. The molecule has 792 valence electrons. The summed E-state index contributed by atoms with van der Waals surface area (Å²) in [6.45, 7) is 52.6. The Bertz CT molecular complexity index is 5880. The molecule has 6 aromatic rings. The second-order valence-electron chi connectivity index (χ2n) is 44.4. The van der Waals surface area contributed by atoms with Crippen molar-refractivity contribution >= 4 is 112 Å². The number of nitrogens with two attached hydrogens (primary N) is 2. The number of thioether (sulfide) groups is 1. The molecule has 4 saturated carbocycles. The number of amides is 7. The first-order chi connectivity index (χ1) is 66.3. The minimum Gasteiger partial charge on any atom is -0.480 e. The van der Waals surface area contributed by atoms with Crippen LogP contribution in [0.1, 0.15) is 307 Å². The molecule has 7 amide bonds. The fourth-order valence-electron chi connectivity index (χ4n) is 17.8. The number of aryl methyl sites for hydroxylation is 2. The molecular weight excluding hydrogens is 1930 g/mol. The number of aromatic nitrogens is 2. The van der Waals surface area contributed by atoms with E-state index >= 15 is 0 Å². The summed E-state index contributed by atoms with van der Waals surface area (Å²) < 4.78 is 91.9. The van der Waals surface area contributed by atoms with Crippen LogP contribution in [0.5, 0.6) is 0 Å². The number of carbonyl (C=O) groups is 10. The lowest BCUT2D eigenvalue weighted by Gasteiger charge is -2.45. The van der Waals surface area contributed by atoms with Gasteiger partial charge in [-0.2, -0.15) is 5.26 Å². The smallest absolute Gasteiger partial charge is 0.411 e. The lowest BCUT2D eigenvalue weighted by atomic mass is 9.84. The summed E-state index contributed by atoms with van der Waals surface area (Å²) in [5, 5.41) is 20.2. The van der Waals surface area contributed by atoms with Crippen LogP contribution >= 0.6 is 23.4 Å². The number of aliphatic carboxylic acids is 1. The predicted octanol–water partition coefficient (Wildman–Crippen LogP) is 18.2. The number of likely N-dealkylation sites (tertiary alicyclic amines) is 2. The van der Waals surface area contributed by atoms with E-state index in [9.17, 15) is 73.2 Å². The normalized spacial score (nSPS) is 19.8. The van der Waals surface area contributed by atoms with Crippen molar-refractivity contribution in [2.45, 2.75) is 362 Å². The van der Waals surface area contributed by atoms with Crippen LogP contribution in [0.15, 0.2) is 164 Å². The van der Waals surface area contributed by atoms with E-state index in [0.717, 1.165) is 51.7 Å². The SMILES string of the molecule is CC(C)(C)N(C(=O)c1cccc(S(=O)(=O)C2CC(C(N)=O)C2)c1)C(C)(C)C.CC(C)(C)OC(=O)N1CCC[C@@H]1C(=O)O.CC(C)=C(C)Cl.COC(=O)C1CC(S(=O)(=O)c2cccc(C(=O)N(C(C)(C)C)C(C)(C)C)c2)C1.COC(=O)C1CC(Sc2cccc(C(=O)N(C(C)(C)C)C(C)(C)C)c2)C1.Cc1ccc(CN)cn1.Cc1ccc(CNC(=O)[C@H]2CCCN2C(=O)c2cccc(S(=O)(=O)C3CC(C#N)C3)c2)cn1. The van der Waals surface area contributed by atoms with E-state index < -0.39 is 103 Å². The molecule has 12 rings (SSSR count). The van der Waals surface area contributed by atoms with E-state index in [1.165, 1.54) is 66.0 Å². The number of carboxylic acids is 1. The minimum atomic E-state index is -3.61. The molecule has 0 spiro atoms. The Balaban J connectivity index is 0.000000269. The van der Waals surface area contributed by atoms with Crippen LogP contribution in [0.25, 0.3) is 0 Å². The molecule has 6 fully saturated rings. The van der Waals surface area contributed by atoms with Crippen molar-refractivity contribution in [3.8, 4) is 6.07 Å². The number of methoxy groups -OCH3 is 2. The van der Waals surface area contributed by atoms with Crippen molar-refractivity contribution in [2.24, 2.45) is 35.1 Å². The van der Waals surface area contributed by atoms with Gasteiger partial charge in [0.25, 0.3) is 23.6 Å². The van der Waals surface area contributed by atoms with Crippen LogP contribution in [-0.2, 0) is 80.8 Å². The predicted molar refractivity (Wildman–Crippen MR) is 560 cm³/mol. The van der Waals surface area contributed by atoms with Crippen molar-refractivity contribution in [3.63, 3.8) is 0 Å². The summed E-state index contributed by atoms with van der Waals surface area (Å²) in [5.41, 5.74) is 14.5. The maximum Gasteiger partial charge on any atom is 0.411 e. The van der Waals surface area contributed by atoms with Gasteiger partial charge in [-0.3, -0.25) is 53.2 Å². The third-order valence-electron chi connectivity index (χ3n) is 24.9. The largest absolute Gasteiger partial charge is 0.480 e. The summed E-state index contributed by atoms with van der Waals surface area (Å²) in [4.78, 5) is 140. The number of nitrogens with one attached hydrogen (secondary N) is 1. The first-order valence-corrected chi connectivity index (χ1v) is 54.6. The molecule has 144 heavy (non-hydrogen) atoms. The average Bonchev–Trinajstić information content (AvgIpc) is 0.860. The Labute approximate surface area is 863 Å². The molecular formula is C108H154ClN11O20S4. The van der Waals surface area contributed by atoms with Crippen molar-refractivity contribution in [3.05, 3.63) is 189 Å². The molecule has 2 aliphatic heterocycles. The van der Waals surface area contributed by atoms with Crippen LogP contribution in [0, 0.1) is 48.9 Å². The summed E-state index contributed by atoms with van der Waals surface area (Å²) in [5.74, 6) is -3.82. The molecule has 2 aromatic heterocycles. The Morgan fingerprint density at radius 1 is 0.500 bits per heavy atom. The standard InChI is InChI=1S/C24H26N4O4S.C21H31NO5S.C21H31NO3S.C20H30N2O4S.C10H17NO4.C7H10N2.C5H9Cl/c1-16-7-8-17(14-26-16)15-27-23(29)22-6-3-9-28(22)24(30)19-4-2-5-20(12-19)33(31,32)21-10-18(11-21)13-25;1-20(2,3)22(21(4,5)6)18(23)14-9-8-10-16(11-14)28(25,26)17-12-15(13-17)19(24)27-7;1-20(2,3)22(21(4,5)6)18(23)14-9-8-10-16(11-14)26-17-12-15(13-17)19(24)25-7;1-19(2,3)22(20(4,5)6)18(24)13-8-7-9-15(10-13)27(25,26)16-11-14(12-16)17(21)23;1-10(2,3)15-9(14)11-6-4-5-7(11)8(12)13;1-6-2-3-7(4-8)5-9-6;1-4(2)5(3)6/h2,4-5,7-8,12,14,18,21-22H,3,6,9-11,15H2,1H3,(H,27,29);8-11,15,17H,12-13H2,1-7H3;8-11,15,17H,12-13H2,1-7H3;7-10,14,16H,11-12H2,1-6H3,(H2,21,23);7H,4-6H2,1-3H3,(H,12,13);2-3,5H,4,8H2,1H3;1-3H3/t18?,21?,22-;;;;7-;;/m1...1../s1. The van der Waals surface area contributed by atoms with Gasteiger partial charge in [0.15, 0.2) is 29.5 Å². The number of hydrogen-bond acceptors (Lipinski definition) is 24. The van der Waals surface area contributed by atoms with Crippen molar-refractivity contribution in [1.29, 1.82) is 5.26 Å². The van der Waals surface area contributed by atoms with Gasteiger partial charge in [0.1, 0.15) is 17.7 Å². The number of ether oxygens (including phenoxy) is 3. The van der Waals surface area contributed by atoms with Gasteiger partial charge in [-0.1, -0.05) is 53.6 Å². The van der Waals surface area contributed by atoms with E-state index in [4.69, 9.17) is 42.9 Å². The van der Waals surface area contributed by atoms with E-state index in [1.54, 1.807) is 91.1 Å². The molecule has 31 nitrogen and oxygen atoms in total. The maximum atomic E-state index is 13.2. The Hall–Kier alpha value is -10.6. The fraction of sp³-hybridized carbons (Fsp3) is 0.565. The topological polar surface area (TPSA) is 451 Å². The van der Waals surface area contributed by atoms with Gasteiger partial charge in [0, 0.05) is 132 Å². The number of esters is 2. The van der Waals surface area contributed by atoms with Crippen LogP contribution in [-0.4, -0.2) is 223 Å². The second-order valence-corrected chi connectivity index (χ2v) is 53.1. The number of rotatable bonds is 20. The van der Waals surface area contributed by atoms with Crippen molar-refractivity contribution in [1.82, 2.24) is 39.8 Å². The third kappa shape index (κ3) is 34.2. The van der Waals surface area contributed by atoms with Gasteiger partial charge in [0.2, 0.25) is 11.8 Å². The van der Waals surface area contributed by atoms with Crippen LogP contribution in [0.3, 0.4) is 0 Å². The van der Waals surface area contributed by atoms with Crippen LogP contribution in [0.4, 0.5) is 4.79 Å². The van der Waals surface area contributed by atoms with Crippen LogP contribution < -0.4 is 16.8 Å². The van der Waals surface area contributed by atoms with Crippen LogP contribution in [0.2, 0.25) is 0 Å². The van der Waals surface area contributed by atoms with Crippen molar-refractivity contribution < 1.29 is 92.5 Å². The number of allylic oxidation sites excluding steroid dienone is 2. The monoisotopic (exact) mass is 2090 g/mol. The number of carboxylic acid groups (broad SMARTS) is 1. The number of benzene rings is 4. The summed E-state index contributed by atoms with van der Waals surface area (Å²) in [6, 6.07) is 34.7. The Kier molecular flexibility index (Phi) is 42.9. The van der Waals surface area contributed by atoms with E-state index in [1.807, 2.05) is 171 Å². The van der Waals surface area contributed by atoms with E-state index in [0.29, 0.717) is 80.2 Å². The summed E-state index contributed by atoms with van der Waals surface area (Å²) >= 11 is 7.23. The number of carbonyl (C=O) groups excluding carboxylic acids is 9. The molecule has 4 aliphatic carbocycles. The second kappa shape index (κ2) is 50.6. The van der Waals surface area contributed by atoms with Gasteiger partial charge in [-0.05, 0) is 353 Å². The first-order valence-electron chi connectivity index (χ1n) is 48.7. The molecule has 36 heteroatoms. The molecule has 0 bridgehead atoms. The van der Waals surface area contributed by atoms with Gasteiger partial charge in [0.05, 0.1) is 62.6 Å². The molecule has 2 atom stereocenters. The number of pyridine rings is 2. The quantitative estimate of drug-likeness (QED) is 0.0407. The van der Waals surface area contributed by atoms with E-state index in [2.05, 4.69) is 67.6 Å². The Morgan fingerprint density at radius 2 is 0.854 bits per heavy atom. The van der Waals surface area contributed by atoms with Crippen molar-refractivity contribution in [2.75, 3.05) is 27.3 Å². The third-order valence-corrected chi connectivity index (χ3v) is 33.1. The van der Waals surface area contributed by atoms with Gasteiger partial charge >= 0.3 is 24.0 Å². The van der Waals surface area contributed by atoms with Gasteiger partial charge in [-0.25, -0.2) is 34.8 Å². The number of sulfone groups is 3. The molecule has 4 heterocycles. The fourth-order valence-corrected chi connectivity index (χ4v) is 25.0. The lowest BCUT2D eigenvalue weighted by Crippen LogP contribution is -2.55. The Morgan fingerprint density at radius 3 is 1.21 bits per heavy atom. The first kappa shape index (κ1) is 122. The summed E-state index contributed by atoms with van der Waals surface area (Å²) in [7, 11) is -8.07. The number of nitriles is 1. The number of nitrogens with zero attached hydrogens (tertiary/aromatic N) is 8. The lowest BCUT2D eigenvalue weighted by molar-refractivity contribution is -0.148. The zero-order valence-corrected chi connectivity index (χ0v) is 93.3. The molecule has 0 radical (unpaired) electrons. The number of hydrogen-bond donors (Lipinski definition) is 4. The minimum absolute atomic E-state index is 0.0274. The molecule has 2 saturated heterocycles. The zero-order valence-electron chi connectivity index (χ0n) is 89.2. The highest BCUT2D eigenvalue weighted by Gasteiger charge is 2.48. The summed E-state index contributed by atoms with van der Waals surface area (Å²) in [6.07, 6.45) is 8.77. The van der Waals surface area contributed by atoms with Gasteiger partial charge in [-0.15, -0.1) is 11.8 Å². The molecule has 0 unspecified atom stereocenters. The number of halogens is 1. The highest BCUT2D eigenvalue weighted by Crippen LogP contribution is 2.44. The zero-order chi connectivity index (χ0) is 109. The van der Waals surface area contributed by atoms with E-state index in [-0.39, 0.29) is 122 Å². The highest BCUT2D eigenvalue weighted by atomic mass is 35.5. The molecule has 4 aromatic carbocycles. The van der Waals surface area contributed by atoms with Gasteiger partial charge < -0.3 is 55.7 Å².